The van der Waals surface area contributed by atoms with Crippen LogP contribution in [0.4, 0.5) is 5.69 Å². The molecule has 0 saturated carbocycles. The molecular weight excluding hydrogens is 283 g/mol. The Bertz CT molecular complexity index is 514. The van der Waals surface area contributed by atoms with Gasteiger partial charge in [0.25, 0.3) is 0 Å². The van der Waals surface area contributed by atoms with E-state index in [1.807, 2.05) is 0 Å². The van der Waals surface area contributed by atoms with Gasteiger partial charge in [0.2, 0.25) is 0 Å². The summed E-state index contributed by atoms with van der Waals surface area (Å²) in [5.74, 6) is 0. The number of hydrogen-bond donors (Lipinski definition) is 2. The summed E-state index contributed by atoms with van der Waals surface area (Å²) >= 11 is 4.96. The first-order chi connectivity index (χ1) is 7.93. The van der Waals surface area contributed by atoms with Crippen LogP contribution in [0.1, 0.15) is 0 Å². The van der Waals surface area contributed by atoms with E-state index >= 15 is 0 Å². The van der Waals surface area contributed by atoms with Crippen LogP contribution in [-0.2, 0) is 10.1 Å². The first-order valence-electron chi connectivity index (χ1n) is 4.65. The molecule has 92 valence electrons. The van der Waals surface area contributed by atoms with E-state index in [0.29, 0.717) is 17.3 Å². The van der Waals surface area contributed by atoms with Gasteiger partial charge in [-0.05, 0) is 36.5 Å². The van der Waals surface area contributed by atoms with Crippen LogP contribution in [0.2, 0.25) is 0 Å². The predicted molar refractivity (Wildman–Crippen MR) is 68.8 cm³/mol. The van der Waals surface area contributed by atoms with Crippen LogP contribution in [0.25, 0.3) is 0 Å². The molecule has 0 aliphatic carbocycles. The first-order valence-corrected chi connectivity index (χ1v) is 6.47. The Balaban J connectivity index is 0.00000289. The monoisotopic (exact) mass is 294 g/mol. The zero-order valence-electron chi connectivity index (χ0n) is 9.84. The summed E-state index contributed by atoms with van der Waals surface area (Å²) in [4.78, 5) is -0.270. The van der Waals surface area contributed by atoms with Gasteiger partial charge < -0.3 is 15.2 Å². The number of hydrogen-bond acceptors (Lipinski definition) is 4. The molecule has 0 heterocycles. The van der Waals surface area contributed by atoms with Crippen molar-refractivity contribution in [2.24, 2.45) is 0 Å². The molecule has 0 unspecified atom stereocenters. The Morgan fingerprint density at radius 2 is 1.94 bits per heavy atom. The molecule has 0 aliphatic rings. The van der Waals surface area contributed by atoms with Gasteiger partial charge in [0.15, 0.2) is 5.11 Å². The maximum absolute atomic E-state index is 10.7. The molecule has 0 aromatic heterocycles. The molecule has 0 amide bonds. The van der Waals surface area contributed by atoms with Crippen LogP contribution >= 0.6 is 12.2 Å². The van der Waals surface area contributed by atoms with E-state index in [4.69, 9.17) is 12.2 Å². The van der Waals surface area contributed by atoms with Gasteiger partial charge in [0.05, 0.1) is 4.90 Å². The van der Waals surface area contributed by atoms with Crippen molar-refractivity contribution in [3.05, 3.63) is 36.9 Å². The first kappa shape index (κ1) is 17.6. The van der Waals surface area contributed by atoms with E-state index < -0.39 is 10.1 Å². The minimum Gasteiger partial charge on any atom is -0.744 e. The van der Waals surface area contributed by atoms with Crippen molar-refractivity contribution in [1.82, 2.24) is 5.32 Å². The van der Waals surface area contributed by atoms with Crippen molar-refractivity contribution in [3.63, 3.8) is 0 Å². The van der Waals surface area contributed by atoms with Crippen LogP contribution in [0.5, 0.6) is 0 Å². The zero-order valence-corrected chi connectivity index (χ0v) is 13.5. The molecule has 5 nitrogen and oxygen atoms in total. The van der Waals surface area contributed by atoms with Crippen LogP contribution in [0.15, 0.2) is 41.8 Å². The quantitative estimate of drug-likeness (QED) is 0.291. The second kappa shape index (κ2) is 7.88. The standard InChI is InChI=1S/C10H12N2O3S2.Na/c1-2-7-11-10(16)12-8-3-5-9(6-4-8)17(13,14)15;/h2-6H,1,7H2,(H2,11,12,16)(H,13,14,15);/q;+1/p-1. The fourth-order valence-corrected chi connectivity index (χ4v) is 1.72. The summed E-state index contributed by atoms with van der Waals surface area (Å²) < 4.78 is 32.0. The summed E-state index contributed by atoms with van der Waals surface area (Å²) in [6.07, 6.45) is 1.65. The van der Waals surface area contributed by atoms with Crippen LogP contribution in [-0.4, -0.2) is 24.6 Å². The average Bonchev–Trinajstić information content (AvgIpc) is 2.26. The Morgan fingerprint density at radius 3 is 2.39 bits per heavy atom. The van der Waals surface area contributed by atoms with E-state index in [2.05, 4.69) is 17.2 Å². The molecule has 0 bridgehead atoms. The molecule has 1 rings (SSSR count). The van der Waals surface area contributed by atoms with E-state index in [-0.39, 0.29) is 34.5 Å². The Labute approximate surface area is 134 Å². The van der Waals surface area contributed by atoms with Crippen molar-refractivity contribution in [1.29, 1.82) is 0 Å². The van der Waals surface area contributed by atoms with E-state index in [1.54, 1.807) is 6.08 Å². The summed E-state index contributed by atoms with van der Waals surface area (Å²) in [5.41, 5.74) is 0.596. The number of thiocarbonyl (C=S) groups is 1. The molecule has 0 saturated heterocycles. The van der Waals surface area contributed by atoms with Gasteiger partial charge >= 0.3 is 29.6 Å². The van der Waals surface area contributed by atoms with Gasteiger partial charge in [-0.25, -0.2) is 8.42 Å². The van der Waals surface area contributed by atoms with Gasteiger partial charge in [-0.3, -0.25) is 0 Å². The van der Waals surface area contributed by atoms with Crippen molar-refractivity contribution < 1.29 is 42.5 Å². The Morgan fingerprint density at radius 1 is 1.39 bits per heavy atom. The normalized spacial score (nSPS) is 10.1. The zero-order chi connectivity index (χ0) is 12.9. The van der Waals surface area contributed by atoms with Crippen LogP contribution in [0.3, 0.4) is 0 Å². The minimum atomic E-state index is -4.40. The topological polar surface area (TPSA) is 81.3 Å². The summed E-state index contributed by atoms with van der Waals surface area (Å²) in [5, 5.41) is 6.07. The average molecular weight is 294 g/mol. The number of nitrogens with one attached hydrogen (secondary N) is 2. The molecule has 0 atom stereocenters. The second-order valence-electron chi connectivity index (χ2n) is 3.10. The summed E-state index contributed by atoms with van der Waals surface area (Å²) in [6.45, 7) is 4.05. The van der Waals surface area contributed by atoms with E-state index in [9.17, 15) is 13.0 Å². The molecule has 8 heteroatoms. The van der Waals surface area contributed by atoms with Gasteiger partial charge in [-0.2, -0.15) is 0 Å². The molecule has 0 spiro atoms. The molecule has 0 aliphatic heterocycles. The van der Waals surface area contributed by atoms with Crippen LogP contribution in [0, 0.1) is 0 Å². The van der Waals surface area contributed by atoms with E-state index in [0.717, 1.165) is 0 Å². The molecule has 1 aromatic carbocycles. The van der Waals surface area contributed by atoms with Gasteiger partial charge in [0.1, 0.15) is 10.1 Å². The molecule has 18 heavy (non-hydrogen) atoms. The van der Waals surface area contributed by atoms with Gasteiger partial charge in [-0.15, -0.1) is 6.58 Å². The van der Waals surface area contributed by atoms with Crippen molar-refractivity contribution in [2.45, 2.75) is 4.90 Å². The van der Waals surface area contributed by atoms with Gasteiger partial charge in [0, 0.05) is 12.2 Å². The fraction of sp³-hybridized carbons (Fsp3) is 0.100. The maximum atomic E-state index is 10.7. The summed E-state index contributed by atoms with van der Waals surface area (Å²) in [7, 11) is -4.40. The number of anilines is 1. The molecule has 0 fully saturated rings. The fourth-order valence-electron chi connectivity index (χ4n) is 1.05. The van der Waals surface area contributed by atoms with Gasteiger partial charge in [-0.1, -0.05) is 6.08 Å². The number of benzene rings is 1. The smallest absolute Gasteiger partial charge is 0.744 e. The van der Waals surface area contributed by atoms with Crippen molar-refractivity contribution in [2.75, 3.05) is 11.9 Å². The molecule has 1 aromatic rings. The third kappa shape index (κ3) is 5.94. The van der Waals surface area contributed by atoms with Crippen LogP contribution < -0.4 is 40.2 Å². The van der Waals surface area contributed by atoms with Crippen molar-refractivity contribution in [3.8, 4) is 0 Å². The minimum absolute atomic E-state index is 0. The molecule has 2 N–H and O–H groups in total. The molecular formula is C10H11N2NaO3S2. The predicted octanol–water partition coefficient (Wildman–Crippen LogP) is -1.93. The van der Waals surface area contributed by atoms with E-state index in [1.165, 1.54) is 24.3 Å². The third-order valence-electron chi connectivity index (χ3n) is 1.81. The SMILES string of the molecule is C=CCNC(=S)Nc1ccc(S(=O)(=O)[O-])cc1.[Na+]. The Hall–Kier alpha value is -0.440. The largest absolute Gasteiger partial charge is 1.00 e. The maximum Gasteiger partial charge on any atom is 1.00 e. The number of rotatable bonds is 4. The molecule has 0 radical (unpaired) electrons. The summed E-state index contributed by atoms with van der Waals surface area (Å²) in [6, 6.07) is 5.38. The Kier molecular flexibility index (Phi) is 7.69. The second-order valence-corrected chi connectivity index (χ2v) is 4.89. The van der Waals surface area contributed by atoms with Crippen molar-refractivity contribution >= 4 is 33.1 Å². The third-order valence-corrected chi connectivity index (χ3v) is 2.90.